The summed E-state index contributed by atoms with van der Waals surface area (Å²) < 4.78 is 11.3. The van der Waals surface area contributed by atoms with Gasteiger partial charge in [-0.2, -0.15) is 0 Å². The highest BCUT2D eigenvalue weighted by Gasteiger charge is 2.32. The van der Waals surface area contributed by atoms with Crippen LogP contribution < -0.4 is 5.32 Å². The molecule has 0 radical (unpaired) electrons. The van der Waals surface area contributed by atoms with Crippen molar-refractivity contribution in [1.29, 1.82) is 0 Å². The molecule has 3 unspecified atom stereocenters. The van der Waals surface area contributed by atoms with Gasteiger partial charge in [-0.3, -0.25) is 9.88 Å². The van der Waals surface area contributed by atoms with E-state index in [1.54, 1.807) is 0 Å². The maximum Gasteiger partial charge on any atom is 0.0751 e. The Kier molecular flexibility index (Phi) is 6.48. The fraction of sp³-hybridized carbons (Fsp3) is 0.500. The molecule has 27 heavy (non-hydrogen) atoms. The van der Waals surface area contributed by atoms with E-state index in [0.717, 1.165) is 58.2 Å². The normalized spacial score (nSPS) is 23.2. The van der Waals surface area contributed by atoms with Crippen molar-refractivity contribution >= 4 is 0 Å². The third-order valence-electron chi connectivity index (χ3n) is 5.67. The summed E-state index contributed by atoms with van der Waals surface area (Å²) >= 11 is 0. The Morgan fingerprint density at radius 1 is 1.00 bits per heavy atom. The highest BCUT2D eigenvalue weighted by molar-refractivity contribution is 5.27. The van der Waals surface area contributed by atoms with Crippen LogP contribution in [0.15, 0.2) is 54.7 Å². The van der Waals surface area contributed by atoms with Crippen LogP contribution in [0.4, 0.5) is 0 Å². The number of benzene rings is 1. The smallest absolute Gasteiger partial charge is 0.0751 e. The fourth-order valence-corrected chi connectivity index (χ4v) is 4.18. The van der Waals surface area contributed by atoms with Gasteiger partial charge in [-0.05, 0) is 24.1 Å². The van der Waals surface area contributed by atoms with Gasteiger partial charge in [0.05, 0.1) is 31.6 Å². The van der Waals surface area contributed by atoms with Gasteiger partial charge in [-0.1, -0.05) is 36.4 Å². The van der Waals surface area contributed by atoms with Gasteiger partial charge in [-0.15, -0.1) is 0 Å². The first-order valence-electron chi connectivity index (χ1n) is 10.0. The Morgan fingerprint density at radius 3 is 2.52 bits per heavy atom. The second kappa shape index (κ2) is 9.42. The fourth-order valence-electron chi connectivity index (χ4n) is 4.18. The average molecular weight is 367 g/mol. The van der Waals surface area contributed by atoms with Crippen molar-refractivity contribution in [1.82, 2.24) is 15.2 Å². The van der Waals surface area contributed by atoms with Gasteiger partial charge in [-0.25, -0.2) is 0 Å². The molecular weight excluding hydrogens is 338 g/mol. The van der Waals surface area contributed by atoms with Crippen molar-refractivity contribution < 1.29 is 9.47 Å². The molecule has 0 amide bonds. The van der Waals surface area contributed by atoms with E-state index in [4.69, 9.17) is 9.47 Å². The summed E-state index contributed by atoms with van der Waals surface area (Å²) in [5.41, 5.74) is 2.31. The predicted octanol–water partition coefficient (Wildman–Crippen LogP) is 2.50. The van der Waals surface area contributed by atoms with E-state index in [1.165, 1.54) is 5.56 Å². The van der Waals surface area contributed by atoms with Crippen LogP contribution >= 0.6 is 0 Å². The Balaban J connectivity index is 1.52. The van der Waals surface area contributed by atoms with E-state index in [2.05, 4.69) is 57.7 Å². The van der Waals surface area contributed by atoms with Gasteiger partial charge >= 0.3 is 0 Å². The van der Waals surface area contributed by atoms with E-state index in [1.807, 2.05) is 12.3 Å². The van der Waals surface area contributed by atoms with Gasteiger partial charge in [0.1, 0.15) is 0 Å². The highest BCUT2D eigenvalue weighted by atomic mass is 16.5. The quantitative estimate of drug-likeness (QED) is 0.815. The molecule has 1 aromatic heterocycles. The lowest BCUT2D eigenvalue weighted by molar-refractivity contribution is 0.00102. The number of rotatable bonds is 7. The molecule has 3 atom stereocenters. The summed E-state index contributed by atoms with van der Waals surface area (Å²) in [6.45, 7) is 6.32. The van der Waals surface area contributed by atoms with Gasteiger partial charge in [0, 0.05) is 44.4 Å². The molecule has 1 aromatic carbocycles. The van der Waals surface area contributed by atoms with E-state index < -0.39 is 0 Å². The molecule has 1 N–H and O–H groups in total. The summed E-state index contributed by atoms with van der Waals surface area (Å²) in [6, 6.07) is 17.3. The zero-order valence-electron chi connectivity index (χ0n) is 15.8. The van der Waals surface area contributed by atoms with Gasteiger partial charge < -0.3 is 14.8 Å². The van der Waals surface area contributed by atoms with Crippen molar-refractivity contribution in [3.63, 3.8) is 0 Å². The molecule has 2 aliphatic heterocycles. The first-order chi connectivity index (χ1) is 13.4. The van der Waals surface area contributed by atoms with Crippen LogP contribution in [0.3, 0.4) is 0 Å². The summed E-state index contributed by atoms with van der Waals surface area (Å²) in [5.74, 6) is 0.579. The molecule has 2 fully saturated rings. The Hall–Kier alpha value is -1.79. The van der Waals surface area contributed by atoms with Crippen LogP contribution in [-0.4, -0.2) is 62.0 Å². The summed E-state index contributed by atoms with van der Waals surface area (Å²) in [6.07, 6.45) is 3.01. The number of hydrogen-bond acceptors (Lipinski definition) is 5. The van der Waals surface area contributed by atoms with Gasteiger partial charge in [0.2, 0.25) is 0 Å². The van der Waals surface area contributed by atoms with Crippen molar-refractivity contribution in [2.75, 3.05) is 46.1 Å². The minimum absolute atomic E-state index is 0.0956. The number of hydrogen-bond donors (Lipinski definition) is 1. The van der Waals surface area contributed by atoms with Crippen LogP contribution in [-0.2, 0) is 9.47 Å². The second-order valence-electron chi connectivity index (χ2n) is 7.35. The third kappa shape index (κ3) is 4.74. The molecule has 2 aromatic rings. The van der Waals surface area contributed by atoms with Crippen LogP contribution in [0, 0.1) is 5.92 Å². The van der Waals surface area contributed by atoms with E-state index in [9.17, 15) is 0 Å². The minimum Gasteiger partial charge on any atom is -0.381 e. The number of ether oxygens (including phenoxy) is 2. The maximum atomic E-state index is 5.71. The number of nitrogens with zero attached hydrogens (tertiary/aromatic N) is 2. The lowest BCUT2D eigenvalue weighted by Gasteiger charge is -2.38. The number of pyridine rings is 1. The molecular formula is C22H29N3O2. The molecule has 5 nitrogen and oxygen atoms in total. The molecule has 144 valence electrons. The Bertz CT molecular complexity index is 631. The molecule has 0 saturated carbocycles. The summed E-state index contributed by atoms with van der Waals surface area (Å²) in [5, 5.41) is 3.83. The topological polar surface area (TPSA) is 46.6 Å². The Labute approximate surface area is 161 Å². The molecule has 2 aliphatic rings. The number of morpholine rings is 1. The second-order valence-corrected chi connectivity index (χ2v) is 7.35. The average Bonchev–Trinajstić information content (AvgIpc) is 3.28. The third-order valence-corrected chi connectivity index (χ3v) is 5.67. The number of aromatic nitrogens is 1. The first kappa shape index (κ1) is 18.6. The molecule has 0 aliphatic carbocycles. The lowest BCUT2D eigenvalue weighted by atomic mass is 9.95. The number of nitrogens with one attached hydrogen (secondary N) is 1. The van der Waals surface area contributed by atoms with Crippen LogP contribution in [0.1, 0.15) is 23.7 Å². The SMILES string of the molecule is c1ccc(C(NCC(C2CCOC2)N2CCOCC2)c2ccccn2)cc1. The molecule has 4 rings (SSSR count). The van der Waals surface area contributed by atoms with E-state index in [-0.39, 0.29) is 6.04 Å². The summed E-state index contributed by atoms with van der Waals surface area (Å²) in [7, 11) is 0. The van der Waals surface area contributed by atoms with Crippen molar-refractivity contribution in [3.8, 4) is 0 Å². The highest BCUT2D eigenvalue weighted by Crippen LogP contribution is 2.24. The van der Waals surface area contributed by atoms with Gasteiger partial charge in [0.25, 0.3) is 0 Å². The molecule has 0 spiro atoms. The zero-order chi connectivity index (χ0) is 18.3. The molecule has 5 heteroatoms. The summed E-state index contributed by atoms with van der Waals surface area (Å²) in [4.78, 5) is 7.20. The lowest BCUT2D eigenvalue weighted by Crippen LogP contribution is -2.52. The monoisotopic (exact) mass is 367 g/mol. The minimum atomic E-state index is 0.0956. The van der Waals surface area contributed by atoms with Crippen molar-refractivity contribution in [2.45, 2.75) is 18.5 Å². The van der Waals surface area contributed by atoms with E-state index >= 15 is 0 Å². The van der Waals surface area contributed by atoms with E-state index in [0.29, 0.717) is 12.0 Å². The molecule has 3 heterocycles. The maximum absolute atomic E-state index is 5.71. The first-order valence-corrected chi connectivity index (χ1v) is 10.0. The zero-order valence-corrected chi connectivity index (χ0v) is 15.8. The molecule has 2 saturated heterocycles. The van der Waals surface area contributed by atoms with Gasteiger partial charge in [0.15, 0.2) is 0 Å². The standard InChI is InChI=1S/C22H29N3O2/c1-2-6-18(7-3-1)22(20-8-4-5-10-23-20)24-16-21(19-9-13-27-17-19)25-11-14-26-15-12-25/h1-8,10,19,21-22,24H,9,11-17H2. The largest absolute Gasteiger partial charge is 0.381 e. The van der Waals surface area contributed by atoms with Crippen molar-refractivity contribution in [3.05, 3.63) is 66.0 Å². The Morgan fingerprint density at radius 2 is 1.81 bits per heavy atom. The van der Waals surface area contributed by atoms with Crippen LogP contribution in [0.2, 0.25) is 0 Å². The van der Waals surface area contributed by atoms with Crippen LogP contribution in [0.5, 0.6) is 0 Å². The van der Waals surface area contributed by atoms with Crippen molar-refractivity contribution in [2.24, 2.45) is 5.92 Å². The predicted molar refractivity (Wildman–Crippen MR) is 106 cm³/mol. The molecule has 0 bridgehead atoms. The van der Waals surface area contributed by atoms with Crippen LogP contribution in [0.25, 0.3) is 0 Å².